The molecule has 0 bridgehead atoms. The van der Waals surface area contributed by atoms with E-state index in [1.807, 2.05) is 54.6 Å². The predicted molar refractivity (Wildman–Crippen MR) is 69.1 cm³/mol. The van der Waals surface area contributed by atoms with Crippen molar-refractivity contribution in [3.05, 3.63) is 71.3 Å². The Labute approximate surface area is 99.5 Å². The highest BCUT2D eigenvalue weighted by Gasteiger charge is 2.21. The number of rotatable bonds is 1. The number of nitrogens with zero attached hydrogens (tertiary/aromatic N) is 1. The second-order valence-corrected chi connectivity index (χ2v) is 3.96. The van der Waals surface area contributed by atoms with E-state index in [0.29, 0.717) is 5.71 Å². The van der Waals surface area contributed by atoms with Crippen molar-refractivity contribution in [2.45, 2.75) is 0 Å². The van der Waals surface area contributed by atoms with Gasteiger partial charge in [0.25, 0.3) is 0 Å². The molecule has 0 amide bonds. The van der Waals surface area contributed by atoms with Crippen molar-refractivity contribution in [1.82, 2.24) is 0 Å². The normalized spacial score (nSPS) is 15.8. The molecule has 0 aromatic heterocycles. The van der Waals surface area contributed by atoms with Crippen LogP contribution >= 0.6 is 0 Å². The number of benzene rings is 2. The Kier molecular flexibility index (Phi) is 2.26. The molecule has 0 spiro atoms. The van der Waals surface area contributed by atoms with E-state index in [-0.39, 0.29) is 0 Å². The molecule has 0 radical (unpaired) electrons. The van der Waals surface area contributed by atoms with Gasteiger partial charge in [0, 0.05) is 11.1 Å². The minimum absolute atomic E-state index is 0.645. The molecular weight excluding hydrogens is 210 g/mol. The molecule has 0 fully saturated rings. The largest absolute Gasteiger partial charge is 0.410 e. The van der Waals surface area contributed by atoms with Crippen molar-refractivity contribution in [2.75, 3.05) is 0 Å². The fraction of sp³-hybridized carbons (Fsp3) is 0. The van der Waals surface area contributed by atoms with Gasteiger partial charge in [0.1, 0.15) is 5.71 Å². The van der Waals surface area contributed by atoms with Crippen LogP contribution < -0.4 is 0 Å². The maximum atomic E-state index is 9.19. The molecule has 2 heteroatoms. The van der Waals surface area contributed by atoms with Gasteiger partial charge in [0.15, 0.2) is 0 Å². The smallest absolute Gasteiger partial charge is 0.118 e. The number of hydrogen-bond donors (Lipinski definition) is 1. The molecule has 1 N–H and O–H groups in total. The van der Waals surface area contributed by atoms with E-state index in [1.54, 1.807) is 0 Å². The summed E-state index contributed by atoms with van der Waals surface area (Å²) in [7, 11) is 0. The van der Waals surface area contributed by atoms with Crippen LogP contribution in [0.3, 0.4) is 0 Å². The van der Waals surface area contributed by atoms with Crippen LogP contribution in [-0.2, 0) is 0 Å². The van der Waals surface area contributed by atoms with Crippen LogP contribution in [0, 0.1) is 0 Å². The van der Waals surface area contributed by atoms with Gasteiger partial charge >= 0.3 is 0 Å². The van der Waals surface area contributed by atoms with E-state index in [4.69, 9.17) is 0 Å². The maximum Gasteiger partial charge on any atom is 0.118 e. The monoisotopic (exact) mass is 221 g/mol. The lowest BCUT2D eigenvalue weighted by Crippen LogP contribution is -2.00. The first kappa shape index (κ1) is 9.85. The highest BCUT2D eigenvalue weighted by atomic mass is 16.4. The summed E-state index contributed by atoms with van der Waals surface area (Å²) >= 11 is 0. The van der Waals surface area contributed by atoms with Gasteiger partial charge < -0.3 is 5.21 Å². The number of fused-ring (bicyclic) bond motifs is 1. The Hall–Kier alpha value is -2.35. The summed E-state index contributed by atoms with van der Waals surface area (Å²) < 4.78 is 0. The zero-order valence-corrected chi connectivity index (χ0v) is 9.17. The van der Waals surface area contributed by atoms with Crippen molar-refractivity contribution >= 4 is 17.4 Å². The summed E-state index contributed by atoms with van der Waals surface area (Å²) in [5.41, 5.74) is 4.76. The van der Waals surface area contributed by atoms with Crippen molar-refractivity contribution in [1.29, 1.82) is 0 Å². The van der Waals surface area contributed by atoms with Gasteiger partial charge in [-0.05, 0) is 17.2 Å². The van der Waals surface area contributed by atoms with Gasteiger partial charge in [0.2, 0.25) is 0 Å². The summed E-state index contributed by atoms with van der Waals surface area (Å²) in [6.45, 7) is 0. The first-order valence-electron chi connectivity index (χ1n) is 5.49. The molecule has 1 aliphatic rings. The number of hydrogen-bond acceptors (Lipinski definition) is 2. The van der Waals surface area contributed by atoms with Crippen LogP contribution in [0.1, 0.15) is 16.7 Å². The Balaban J connectivity index is 2.17. The van der Waals surface area contributed by atoms with E-state index in [2.05, 4.69) is 11.2 Å². The van der Waals surface area contributed by atoms with Gasteiger partial charge in [-0.15, -0.1) is 0 Å². The van der Waals surface area contributed by atoms with Crippen LogP contribution in [0.5, 0.6) is 0 Å². The summed E-state index contributed by atoms with van der Waals surface area (Å²) in [6.07, 6.45) is 2.06. The number of oxime groups is 1. The lowest BCUT2D eigenvalue weighted by molar-refractivity contribution is 0.320. The highest BCUT2D eigenvalue weighted by Crippen LogP contribution is 2.31. The van der Waals surface area contributed by atoms with Crippen LogP contribution in [0.15, 0.2) is 59.8 Å². The van der Waals surface area contributed by atoms with E-state index < -0.39 is 0 Å². The number of allylic oxidation sites excluding steroid dienone is 1. The quantitative estimate of drug-likeness (QED) is 0.580. The van der Waals surface area contributed by atoms with Crippen LogP contribution in [0.4, 0.5) is 0 Å². The minimum atomic E-state index is 0.645. The van der Waals surface area contributed by atoms with Crippen LogP contribution in [0.25, 0.3) is 11.6 Å². The fourth-order valence-corrected chi connectivity index (χ4v) is 2.15. The van der Waals surface area contributed by atoms with E-state index in [1.165, 1.54) is 0 Å². The van der Waals surface area contributed by atoms with Crippen LogP contribution in [0.2, 0.25) is 0 Å². The Bertz CT molecular complexity index is 612. The lowest BCUT2D eigenvalue weighted by atomic mass is 10.0. The van der Waals surface area contributed by atoms with Gasteiger partial charge in [-0.25, -0.2) is 0 Å². The molecule has 0 unspecified atom stereocenters. The standard InChI is InChI=1S/C15H11NO/c17-16-15-13-9-5-4-8-12(13)10-14(15)11-6-2-1-3-7-11/h1-10,17H. The van der Waals surface area contributed by atoms with Crippen molar-refractivity contribution in [2.24, 2.45) is 5.16 Å². The molecular formula is C15H11NO. The SMILES string of the molecule is ON=C1C(c2ccccc2)=Cc2ccccc21. The molecule has 0 saturated carbocycles. The molecule has 2 aromatic carbocycles. The molecule has 2 aromatic rings. The van der Waals surface area contributed by atoms with Gasteiger partial charge in [-0.3, -0.25) is 0 Å². The Morgan fingerprint density at radius 2 is 1.53 bits per heavy atom. The Morgan fingerprint density at radius 1 is 0.824 bits per heavy atom. The second kappa shape index (κ2) is 3.91. The minimum Gasteiger partial charge on any atom is -0.410 e. The fourth-order valence-electron chi connectivity index (χ4n) is 2.15. The van der Waals surface area contributed by atoms with E-state index in [0.717, 1.165) is 22.3 Å². The van der Waals surface area contributed by atoms with E-state index in [9.17, 15) is 5.21 Å². The Morgan fingerprint density at radius 3 is 2.29 bits per heavy atom. The predicted octanol–water partition coefficient (Wildman–Crippen LogP) is 3.42. The first-order valence-corrected chi connectivity index (χ1v) is 5.49. The van der Waals surface area contributed by atoms with Gasteiger partial charge in [0.05, 0.1) is 0 Å². The summed E-state index contributed by atoms with van der Waals surface area (Å²) in [5, 5.41) is 12.6. The molecule has 3 rings (SSSR count). The topological polar surface area (TPSA) is 32.6 Å². The highest BCUT2D eigenvalue weighted by molar-refractivity contribution is 6.39. The van der Waals surface area contributed by atoms with Gasteiger partial charge in [-0.2, -0.15) is 0 Å². The summed E-state index contributed by atoms with van der Waals surface area (Å²) in [6, 6.07) is 17.9. The third kappa shape index (κ3) is 1.54. The first-order chi connectivity index (χ1) is 8.40. The zero-order chi connectivity index (χ0) is 11.7. The van der Waals surface area contributed by atoms with Crippen molar-refractivity contribution in [3.8, 4) is 0 Å². The molecule has 0 saturated heterocycles. The average Bonchev–Trinajstić information content (AvgIpc) is 2.78. The average molecular weight is 221 g/mol. The van der Waals surface area contributed by atoms with Crippen LogP contribution in [-0.4, -0.2) is 10.9 Å². The second-order valence-electron chi connectivity index (χ2n) is 3.96. The molecule has 2 nitrogen and oxygen atoms in total. The molecule has 82 valence electrons. The zero-order valence-electron chi connectivity index (χ0n) is 9.17. The molecule has 1 aliphatic carbocycles. The molecule has 0 heterocycles. The molecule has 0 aliphatic heterocycles. The summed E-state index contributed by atoms with van der Waals surface area (Å²) in [5.74, 6) is 0. The van der Waals surface area contributed by atoms with Gasteiger partial charge in [-0.1, -0.05) is 59.8 Å². The van der Waals surface area contributed by atoms with Crippen molar-refractivity contribution in [3.63, 3.8) is 0 Å². The third-order valence-corrected chi connectivity index (χ3v) is 2.96. The molecule has 17 heavy (non-hydrogen) atoms. The lowest BCUT2D eigenvalue weighted by Gasteiger charge is -2.03. The summed E-state index contributed by atoms with van der Waals surface area (Å²) in [4.78, 5) is 0. The third-order valence-electron chi connectivity index (χ3n) is 2.96. The maximum absolute atomic E-state index is 9.19. The molecule has 0 atom stereocenters. The van der Waals surface area contributed by atoms with Crippen molar-refractivity contribution < 1.29 is 5.21 Å². The van der Waals surface area contributed by atoms with E-state index >= 15 is 0 Å².